The van der Waals surface area contributed by atoms with E-state index in [0.29, 0.717) is 33.0 Å². The van der Waals surface area contributed by atoms with Gasteiger partial charge in [0.15, 0.2) is 17.0 Å². The van der Waals surface area contributed by atoms with Crippen LogP contribution in [0.1, 0.15) is 30.5 Å². The zero-order valence-corrected chi connectivity index (χ0v) is 21.8. The minimum absolute atomic E-state index is 0.141. The standard InChI is InChI=1S/C27H26BrFN2O3S/c1-3-17-8-10-21(11-9-17)30-27-31-26(32)24(35-27)15-19-13-22(28)25(23(14-19)33-4-2)34-16-18-6-5-7-20(29)12-18/h5-15,27,30H,3-4,16H2,1-2H3,(H,31,32)/b24-15-/t27-/m0/s1. The van der Waals surface area contributed by atoms with Crippen LogP contribution in [0.15, 0.2) is 70.0 Å². The summed E-state index contributed by atoms with van der Waals surface area (Å²) in [6.07, 6.45) is 2.81. The van der Waals surface area contributed by atoms with Crippen LogP contribution in [-0.2, 0) is 17.8 Å². The number of halogens is 2. The minimum atomic E-state index is -0.310. The van der Waals surface area contributed by atoms with Crippen LogP contribution in [0.3, 0.4) is 0 Å². The van der Waals surface area contributed by atoms with Gasteiger partial charge in [-0.25, -0.2) is 4.39 Å². The highest BCUT2D eigenvalue weighted by Crippen LogP contribution is 2.39. The topological polar surface area (TPSA) is 59.6 Å². The molecule has 0 spiro atoms. The Kier molecular flexibility index (Phi) is 8.36. The molecule has 0 saturated carbocycles. The fourth-order valence-electron chi connectivity index (χ4n) is 3.56. The van der Waals surface area contributed by atoms with E-state index in [1.165, 1.54) is 29.5 Å². The Morgan fingerprint density at radius 2 is 1.89 bits per heavy atom. The normalized spacial score (nSPS) is 16.3. The van der Waals surface area contributed by atoms with Gasteiger partial charge in [-0.2, -0.15) is 0 Å². The average Bonchev–Trinajstić information content (AvgIpc) is 3.17. The summed E-state index contributed by atoms with van der Waals surface area (Å²) < 4.78 is 25.9. The van der Waals surface area contributed by atoms with E-state index in [4.69, 9.17) is 9.47 Å². The van der Waals surface area contributed by atoms with Crippen LogP contribution >= 0.6 is 27.7 Å². The molecule has 1 aliphatic heterocycles. The number of hydrogen-bond acceptors (Lipinski definition) is 5. The molecule has 1 aliphatic rings. The lowest BCUT2D eigenvalue weighted by atomic mass is 10.1. The van der Waals surface area contributed by atoms with E-state index in [1.54, 1.807) is 12.1 Å². The van der Waals surface area contributed by atoms with E-state index in [0.717, 1.165) is 17.7 Å². The van der Waals surface area contributed by atoms with Gasteiger partial charge in [0, 0.05) is 5.69 Å². The Labute approximate surface area is 217 Å². The second kappa shape index (κ2) is 11.6. The second-order valence-corrected chi connectivity index (χ2v) is 9.86. The third-order valence-corrected chi connectivity index (χ3v) is 6.91. The summed E-state index contributed by atoms with van der Waals surface area (Å²) in [4.78, 5) is 13.2. The maximum Gasteiger partial charge on any atom is 0.260 e. The quantitative estimate of drug-likeness (QED) is 0.286. The van der Waals surface area contributed by atoms with Crippen LogP contribution in [0.25, 0.3) is 6.08 Å². The van der Waals surface area contributed by atoms with E-state index in [-0.39, 0.29) is 23.8 Å². The largest absolute Gasteiger partial charge is 0.490 e. The van der Waals surface area contributed by atoms with Crippen molar-refractivity contribution in [2.24, 2.45) is 0 Å². The highest BCUT2D eigenvalue weighted by Gasteiger charge is 2.27. The number of nitrogens with one attached hydrogen (secondary N) is 2. The van der Waals surface area contributed by atoms with Gasteiger partial charge < -0.3 is 20.1 Å². The first-order valence-corrected chi connectivity index (χ1v) is 13.0. The number of hydrogen-bond donors (Lipinski definition) is 2. The maximum absolute atomic E-state index is 13.5. The summed E-state index contributed by atoms with van der Waals surface area (Å²) in [6.45, 7) is 4.65. The number of anilines is 1. The minimum Gasteiger partial charge on any atom is -0.490 e. The van der Waals surface area contributed by atoms with E-state index in [1.807, 2.05) is 37.3 Å². The third kappa shape index (κ3) is 6.58. The number of rotatable bonds is 9. The molecular weight excluding hydrogens is 531 g/mol. The molecule has 1 saturated heterocycles. The fraction of sp³-hybridized carbons (Fsp3) is 0.222. The lowest BCUT2D eigenvalue weighted by Gasteiger charge is -2.15. The molecule has 1 fully saturated rings. The number of ether oxygens (including phenoxy) is 2. The van der Waals surface area contributed by atoms with Crippen molar-refractivity contribution in [3.63, 3.8) is 0 Å². The molecule has 3 aromatic rings. The predicted octanol–water partition coefficient (Wildman–Crippen LogP) is 6.73. The van der Waals surface area contributed by atoms with Crippen molar-refractivity contribution in [1.29, 1.82) is 0 Å². The molecule has 0 bridgehead atoms. The Hall–Kier alpha value is -2.97. The van der Waals surface area contributed by atoms with Gasteiger partial charge in [0.05, 0.1) is 16.0 Å². The zero-order valence-electron chi connectivity index (χ0n) is 19.4. The van der Waals surface area contributed by atoms with Crippen LogP contribution < -0.4 is 20.1 Å². The first-order valence-electron chi connectivity index (χ1n) is 11.3. The molecule has 0 radical (unpaired) electrons. The smallest absolute Gasteiger partial charge is 0.260 e. The van der Waals surface area contributed by atoms with Crippen molar-refractivity contribution in [1.82, 2.24) is 5.32 Å². The molecule has 3 aromatic carbocycles. The Morgan fingerprint density at radius 3 is 2.60 bits per heavy atom. The summed E-state index contributed by atoms with van der Waals surface area (Å²) in [7, 11) is 0. The number of carbonyl (C=O) groups excluding carboxylic acids is 1. The molecule has 4 rings (SSSR count). The first kappa shape index (κ1) is 25.1. The van der Waals surface area contributed by atoms with Crippen molar-refractivity contribution in [3.05, 3.63) is 92.5 Å². The van der Waals surface area contributed by atoms with Gasteiger partial charge in [-0.05, 0) is 88.4 Å². The van der Waals surface area contributed by atoms with E-state index < -0.39 is 0 Å². The fourth-order valence-corrected chi connectivity index (χ4v) is 5.12. The van der Waals surface area contributed by atoms with Gasteiger partial charge in [0.1, 0.15) is 12.4 Å². The molecule has 1 heterocycles. The van der Waals surface area contributed by atoms with Gasteiger partial charge in [0.25, 0.3) is 5.91 Å². The summed E-state index contributed by atoms with van der Waals surface area (Å²) in [5.74, 6) is 0.615. The Morgan fingerprint density at radius 1 is 1.09 bits per heavy atom. The predicted molar refractivity (Wildman–Crippen MR) is 143 cm³/mol. The monoisotopic (exact) mass is 556 g/mol. The van der Waals surface area contributed by atoms with Crippen molar-refractivity contribution in [2.45, 2.75) is 32.4 Å². The molecule has 0 aromatic heterocycles. The third-order valence-electron chi connectivity index (χ3n) is 5.29. The van der Waals surface area contributed by atoms with Gasteiger partial charge in [-0.1, -0.05) is 43.0 Å². The van der Waals surface area contributed by atoms with Crippen LogP contribution in [-0.4, -0.2) is 18.0 Å². The Bertz CT molecular complexity index is 1230. The lowest BCUT2D eigenvalue weighted by Crippen LogP contribution is -2.30. The average molecular weight is 557 g/mol. The highest BCUT2D eigenvalue weighted by atomic mass is 79.9. The summed E-state index contributed by atoms with van der Waals surface area (Å²) in [5.41, 5.74) is 3.46. The van der Waals surface area contributed by atoms with Crippen LogP contribution in [0, 0.1) is 5.82 Å². The van der Waals surface area contributed by atoms with Crippen molar-refractivity contribution in [2.75, 3.05) is 11.9 Å². The van der Waals surface area contributed by atoms with Gasteiger partial charge in [-0.15, -0.1) is 0 Å². The molecule has 0 unspecified atom stereocenters. The number of carbonyl (C=O) groups is 1. The summed E-state index contributed by atoms with van der Waals surface area (Å²) in [5, 5.41) is 6.29. The molecule has 182 valence electrons. The van der Waals surface area contributed by atoms with Gasteiger partial charge in [0.2, 0.25) is 0 Å². The summed E-state index contributed by atoms with van der Waals surface area (Å²) in [6, 6.07) is 18.2. The Balaban J connectivity index is 1.49. The van der Waals surface area contributed by atoms with Crippen molar-refractivity contribution < 1.29 is 18.7 Å². The molecule has 1 atom stereocenters. The highest BCUT2D eigenvalue weighted by molar-refractivity contribution is 9.10. The van der Waals surface area contributed by atoms with E-state index in [9.17, 15) is 9.18 Å². The zero-order chi connectivity index (χ0) is 24.8. The maximum atomic E-state index is 13.5. The molecule has 2 N–H and O–H groups in total. The molecule has 0 aliphatic carbocycles. The van der Waals surface area contributed by atoms with Crippen molar-refractivity contribution in [3.8, 4) is 11.5 Å². The molecule has 1 amide bonds. The molecule has 8 heteroatoms. The van der Waals surface area contributed by atoms with E-state index >= 15 is 0 Å². The van der Waals surface area contributed by atoms with Crippen molar-refractivity contribution >= 4 is 45.4 Å². The number of benzene rings is 3. The first-order chi connectivity index (χ1) is 16.9. The van der Waals surface area contributed by atoms with Crippen LogP contribution in [0.2, 0.25) is 0 Å². The molecular formula is C27H26BrFN2O3S. The van der Waals surface area contributed by atoms with Gasteiger partial charge >= 0.3 is 0 Å². The number of aryl methyl sites for hydroxylation is 1. The summed E-state index contributed by atoms with van der Waals surface area (Å²) >= 11 is 4.98. The van der Waals surface area contributed by atoms with Crippen LogP contribution in [0.5, 0.6) is 11.5 Å². The van der Waals surface area contributed by atoms with Crippen LogP contribution in [0.4, 0.5) is 10.1 Å². The van der Waals surface area contributed by atoms with E-state index in [2.05, 4.69) is 45.6 Å². The molecule has 5 nitrogen and oxygen atoms in total. The second-order valence-electron chi connectivity index (χ2n) is 7.86. The number of thioether (sulfide) groups is 1. The van der Waals surface area contributed by atoms with Gasteiger partial charge in [-0.3, -0.25) is 4.79 Å². The number of amides is 1. The SMILES string of the molecule is CCOc1cc(/C=C2\S[C@@H](Nc3ccc(CC)cc3)NC2=O)cc(Br)c1OCc1cccc(F)c1. The lowest BCUT2D eigenvalue weighted by molar-refractivity contribution is -0.116. The molecule has 35 heavy (non-hydrogen) atoms.